The van der Waals surface area contributed by atoms with Gasteiger partial charge in [0.05, 0.1) is 6.21 Å². The van der Waals surface area contributed by atoms with Crippen LogP contribution in [0.3, 0.4) is 0 Å². The lowest BCUT2D eigenvalue weighted by atomic mass is 10.1. The fourth-order valence-electron chi connectivity index (χ4n) is 2.49. The molecule has 6 heteroatoms. The molecular weight excluding hydrogens is 332 g/mol. The standard InChI is InChI=1S/C19H20N4OS/c1-4-14-5-7-15(8-6-14)19-22-17(11-25-19)18(24)23-20-10-16-9-12(2)21-13(16)3/h5-11,21H,4H2,1-3H3,(H,23,24)/b20-10+. The van der Waals surface area contributed by atoms with Gasteiger partial charge in [-0.2, -0.15) is 5.10 Å². The molecule has 5 nitrogen and oxygen atoms in total. The van der Waals surface area contributed by atoms with Crippen molar-refractivity contribution in [1.29, 1.82) is 0 Å². The van der Waals surface area contributed by atoms with Gasteiger partial charge in [0, 0.05) is 27.9 Å². The summed E-state index contributed by atoms with van der Waals surface area (Å²) >= 11 is 1.45. The van der Waals surface area contributed by atoms with E-state index in [-0.39, 0.29) is 5.91 Å². The number of nitrogens with zero attached hydrogens (tertiary/aromatic N) is 2. The molecule has 0 aliphatic heterocycles. The van der Waals surface area contributed by atoms with E-state index in [2.05, 4.69) is 39.6 Å². The molecule has 0 saturated heterocycles. The van der Waals surface area contributed by atoms with Crippen LogP contribution in [0, 0.1) is 13.8 Å². The van der Waals surface area contributed by atoms with E-state index in [1.165, 1.54) is 16.9 Å². The van der Waals surface area contributed by atoms with E-state index in [9.17, 15) is 4.79 Å². The van der Waals surface area contributed by atoms with E-state index in [0.717, 1.165) is 33.9 Å². The zero-order valence-electron chi connectivity index (χ0n) is 14.5. The highest BCUT2D eigenvalue weighted by Gasteiger charge is 2.11. The van der Waals surface area contributed by atoms with Crippen LogP contribution in [0.15, 0.2) is 40.8 Å². The van der Waals surface area contributed by atoms with Gasteiger partial charge in [-0.05, 0) is 31.9 Å². The number of carbonyl (C=O) groups is 1. The number of hydrogen-bond acceptors (Lipinski definition) is 4. The lowest BCUT2D eigenvalue weighted by molar-refractivity contribution is 0.0951. The van der Waals surface area contributed by atoms with Crippen LogP contribution in [-0.2, 0) is 6.42 Å². The van der Waals surface area contributed by atoms with Gasteiger partial charge in [0.15, 0.2) is 0 Å². The molecule has 25 heavy (non-hydrogen) atoms. The van der Waals surface area contributed by atoms with Crippen LogP contribution in [0.4, 0.5) is 0 Å². The zero-order chi connectivity index (χ0) is 17.8. The molecule has 2 aromatic heterocycles. The van der Waals surface area contributed by atoms with Crippen LogP contribution in [0.2, 0.25) is 0 Å². The first-order chi connectivity index (χ1) is 12.1. The SMILES string of the molecule is CCc1ccc(-c2nc(C(=O)N/N=C/c3cc(C)[nH]c3C)cs2)cc1. The maximum Gasteiger partial charge on any atom is 0.290 e. The van der Waals surface area contributed by atoms with Crippen LogP contribution in [0.1, 0.15) is 39.9 Å². The Hall–Kier alpha value is -2.73. The predicted molar refractivity (Wildman–Crippen MR) is 102 cm³/mol. The third kappa shape index (κ3) is 4.03. The second-order valence-electron chi connectivity index (χ2n) is 5.82. The number of aryl methyl sites for hydroxylation is 3. The second-order valence-corrected chi connectivity index (χ2v) is 6.68. The number of hydrogen-bond donors (Lipinski definition) is 2. The fourth-order valence-corrected chi connectivity index (χ4v) is 3.30. The van der Waals surface area contributed by atoms with Gasteiger partial charge in [-0.1, -0.05) is 31.2 Å². The number of benzene rings is 1. The zero-order valence-corrected chi connectivity index (χ0v) is 15.3. The molecule has 0 radical (unpaired) electrons. The maximum atomic E-state index is 12.2. The molecule has 0 aliphatic carbocycles. The summed E-state index contributed by atoms with van der Waals surface area (Å²) in [4.78, 5) is 19.8. The van der Waals surface area contributed by atoms with Gasteiger partial charge in [-0.15, -0.1) is 11.3 Å². The Bertz CT molecular complexity index is 906. The molecule has 3 rings (SSSR count). The van der Waals surface area contributed by atoms with Gasteiger partial charge >= 0.3 is 0 Å². The van der Waals surface area contributed by atoms with Crippen LogP contribution >= 0.6 is 11.3 Å². The van der Waals surface area contributed by atoms with Crippen molar-refractivity contribution in [2.75, 3.05) is 0 Å². The molecule has 0 saturated carbocycles. The average Bonchev–Trinajstić information content (AvgIpc) is 3.22. The van der Waals surface area contributed by atoms with Crippen molar-refractivity contribution in [2.24, 2.45) is 5.10 Å². The third-order valence-electron chi connectivity index (χ3n) is 3.91. The summed E-state index contributed by atoms with van der Waals surface area (Å²) in [6.45, 7) is 6.07. The number of thiazole rings is 1. The molecule has 1 aromatic carbocycles. The summed E-state index contributed by atoms with van der Waals surface area (Å²) in [5.74, 6) is -0.311. The summed E-state index contributed by atoms with van der Waals surface area (Å²) in [6.07, 6.45) is 2.64. The Morgan fingerprint density at radius 1 is 1.32 bits per heavy atom. The van der Waals surface area contributed by atoms with Crippen molar-refractivity contribution in [1.82, 2.24) is 15.4 Å². The molecule has 0 bridgehead atoms. The summed E-state index contributed by atoms with van der Waals surface area (Å²) < 4.78 is 0. The molecule has 0 spiro atoms. The van der Waals surface area contributed by atoms with Gasteiger partial charge in [0.25, 0.3) is 5.91 Å². The first-order valence-electron chi connectivity index (χ1n) is 8.11. The smallest absolute Gasteiger partial charge is 0.290 e. The molecule has 0 aliphatic rings. The minimum atomic E-state index is -0.311. The van der Waals surface area contributed by atoms with Crippen molar-refractivity contribution < 1.29 is 4.79 Å². The number of carbonyl (C=O) groups excluding carboxylic acids is 1. The molecule has 0 fully saturated rings. The predicted octanol–water partition coefficient (Wildman–Crippen LogP) is 4.08. The Morgan fingerprint density at radius 3 is 2.72 bits per heavy atom. The van der Waals surface area contributed by atoms with Gasteiger partial charge in [0.2, 0.25) is 0 Å². The number of amides is 1. The first kappa shape index (κ1) is 17.1. The van der Waals surface area contributed by atoms with Gasteiger partial charge in [-0.25, -0.2) is 10.4 Å². The van der Waals surface area contributed by atoms with Crippen molar-refractivity contribution in [3.8, 4) is 10.6 Å². The van der Waals surface area contributed by atoms with E-state index in [1.54, 1.807) is 11.6 Å². The molecule has 2 N–H and O–H groups in total. The summed E-state index contributed by atoms with van der Waals surface area (Å²) in [5.41, 5.74) is 8.22. The monoisotopic (exact) mass is 352 g/mol. The van der Waals surface area contributed by atoms with Crippen LogP contribution in [0.5, 0.6) is 0 Å². The van der Waals surface area contributed by atoms with Gasteiger partial charge in [0.1, 0.15) is 10.7 Å². The highest BCUT2D eigenvalue weighted by Crippen LogP contribution is 2.24. The quantitative estimate of drug-likeness (QED) is 0.536. The molecule has 3 aromatic rings. The molecule has 0 unspecified atom stereocenters. The number of rotatable bonds is 5. The van der Waals surface area contributed by atoms with Crippen LogP contribution in [0.25, 0.3) is 10.6 Å². The highest BCUT2D eigenvalue weighted by molar-refractivity contribution is 7.13. The van der Waals surface area contributed by atoms with Crippen LogP contribution < -0.4 is 5.43 Å². The van der Waals surface area contributed by atoms with Gasteiger partial charge in [-0.3, -0.25) is 4.79 Å². The minimum absolute atomic E-state index is 0.311. The third-order valence-corrected chi connectivity index (χ3v) is 4.80. The topological polar surface area (TPSA) is 70.1 Å². The number of aromatic nitrogens is 2. The number of hydrazone groups is 1. The maximum absolute atomic E-state index is 12.2. The molecule has 2 heterocycles. The van der Waals surface area contributed by atoms with Gasteiger partial charge < -0.3 is 4.98 Å². The molecular formula is C19H20N4OS. The van der Waals surface area contributed by atoms with E-state index in [0.29, 0.717) is 5.69 Å². The highest BCUT2D eigenvalue weighted by atomic mass is 32.1. The lowest BCUT2D eigenvalue weighted by Gasteiger charge is -1.99. The summed E-state index contributed by atoms with van der Waals surface area (Å²) in [7, 11) is 0. The number of H-pyrrole nitrogens is 1. The average molecular weight is 352 g/mol. The molecule has 1 amide bonds. The van der Waals surface area contributed by atoms with Crippen molar-refractivity contribution in [2.45, 2.75) is 27.2 Å². The van der Waals surface area contributed by atoms with E-state index < -0.39 is 0 Å². The second kappa shape index (κ2) is 7.44. The first-order valence-corrected chi connectivity index (χ1v) is 8.99. The fraction of sp³-hybridized carbons (Fsp3) is 0.211. The molecule has 128 valence electrons. The number of nitrogens with one attached hydrogen (secondary N) is 2. The molecule has 0 atom stereocenters. The van der Waals surface area contributed by atoms with Crippen molar-refractivity contribution in [3.63, 3.8) is 0 Å². The van der Waals surface area contributed by atoms with E-state index in [1.807, 2.05) is 32.0 Å². The van der Waals surface area contributed by atoms with Crippen molar-refractivity contribution >= 4 is 23.5 Å². The Balaban J connectivity index is 1.66. The van der Waals surface area contributed by atoms with E-state index in [4.69, 9.17) is 0 Å². The Morgan fingerprint density at radius 2 is 2.08 bits per heavy atom. The number of aromatic amines is 1. The minimum Gasteiger partial charge on any atom is -0.362 e. The Labute approximate surface area is 150 Å². The summed E-state index contributed by atoms with van der Waals surface area (Å²) in [5, 5.41) is 6.59. The Kier molecular flexibility index (Phi) is 5.09. The van der Waals surface area contributed by atoms with Crippen molar-refractivity contribution in [3.05, 3.63) is 63.9 Å². The normalized spacial score (nSPS) is 11.2. The van der Waals surface area contributed by atoms with Crippen LogP contribution in [-0.4, -0.2) is 22.1 Å². The summed E-state index contributed by atoms with van der Waals surface area (Å²) in [6, 6.07) is 10.2. The largest absolute Gasteiger partial charge is 0.362 e. The lowest BCUT2D eigenvalue weighted by Crippen LogP contribution is -2.17. The van der Waals surface area contributed by atoms with E-state index >= 15 is 0 Å².